The third-order valence-corrected chi connectivity index (χ3v) is 4.21. The SMILES string of the molecule is O=C(NCCCNc1ccccc1)c1cnn(-c2ccc(Br)cc2)c1. The lowest BCUT2D eigenvalue weighted by molar-refractivity contribution is 0.0953. The fourth-order valence-electron chi connectivity index (χ4n) is 2.36. The van der Waals surface area contributed by atoms with Gasteiger partial charge in [0, 0.05) is 29.4 Å². The summed E-state index contributed by atoms with van der Waals surface area (Å²) in [6.45, 7) is 1.42. The second-order valence-electron chi connectivity index (χ2n) is 5.55. The summed E-state index contributed by atoms with van der Waals surface area (Å²) in [6, 6.07) is 17.8. The highest BCUT2D eigenvalue weighted by Gasteiger charge is 2.08. The van der Waals surface area contributed by atoms with E-state index < -0.39 is 0 Å². The molecule has 3 aromatic rings. The minimum atomic E-state index is -0.108. The van der Waals surface area contributed by atoms with Crippen molar-refractivity contribution in [1.82, 2.24) is 15.1 Å². The highest BCUT2D eigenvalue weighted by molar-refractivity contribution is 9.10. The van der Waals surface area contributed by atoms with Gasteiger partial charge in [0.2, 0.25) is 0 Å². The molecule has 0 radical (unpaired) electrons. The summed E-state index contributed by atoms with van der Waals surface area (Å²) in [7, 11) is 0. The van der Waals surface area contributed by atoms with E-state index in [1.54, 1.807) is 17.1 Å². The molecule has 25 heavy (non-hydrogen) atoms. The van der Waals surface area contributed by atoms with E-state index in [0.717, 1.165) is 28.8 Å². The first kappa shape index (κ1) is 17.2. The first-order valence-corrected chi connectivity index (χ1v) is 8.89. The molecular formula is C19H19BrN4O. The summed E-state index contributed by atoms with van der Waals surface area (Å²) in [5.74, 6) is -0.108. The maximum atomic E-state index is 12.2. The summed E-state index contributed by atoms with van der Waals surface area (Å²) in [4.78, 5) is 12.2. The summed E-state index contributed by atoms with van der Waals surface area (Å²) >= 11 is 3.40. The molecule has 1 amide bonds. The second kappa shape index (κ2) is 8.48. The Morgan fingerprint density at radius 1 is 1.04 bits per heavy atom. The fourth-order valence-corrected chi connectivity index (χ4v) is 2.62. The average Bonchev–Trinajstić information content (AvgIpc) is 3.13. The van der Waals surface area contributed by atoms with E-state index in [0.29, 0.717) is 12.1 Å². The number of aromatic nitrogens is 2. The summed E-state index contributed by atoms with van der Waals surface area (Å²) in [5, 5.41) is 10.5. The molecule has 0 aliphatic carbocycles. The Balaban J connectivity index is 1.45. The molecule has 0 aliphatic heterocycles. The maximum Gasteiger partial charge on any atom is 0.254 e. The Morgan fingerprint density at radius 2 is 1.80 bits per heavy atom. The van der Waals surface area contributed by atoms with Crippen LogP contribution in [0.2, 0.25) is 0 Å². The van der Waals surface area contributed by atoms with Crippen LogP contribution in [0.25, 0.3) is 5.69 Å². The number of nitrogens with zero attached hydrogens (tertiary/aromatic N) is 2. The van der Waals surface area contributed by atoms with Gasteiger partial charge in [0.1, 0.15) is 0 Å². The monoisotopic (exact) mass is 398 g/mol. The summed E-state index contributed by atoms with van der Waals surface area (Å²) in [6.07, 6.45) is 4.17. The van der Waals surface area contributed by atoms with Crippen LogP contribution >= 0.6 is 15.9 Å². The number of amides is 1. The molecule has 6 heteroatoms. The van der Waals surface area contributed by atoms with E-state index in [9.17, 15) is 4.79 Å². The molecule has 2 N–H and O–H groups in total. The fraction of sp³-hybridized carbons (Fsp3) is 0.158. The van der Waals surface area contributed by atoms with Gasteiger partial charge in [0.05, 0.1) is 17.4 Å². The predicted molar refractivity (Wildman–Crippen MR) is 103 cm³/mol. The molecule has 0 saturated heterocycles. The molecule has 5 nitrogen and oxygen atoms in total. The van der Waals surface area contributed by atoms with Crippen LogP contribution in [-0.2, 0) is 0 Å². The van der Waals surface area contributed by atoms with Crippen LogP contribution in [0.15, 0.2) is 71.5 Å². The number of hydrogen-bond donors (Lipinski definition) is 2. The molecule has 3 rings (SSSR count). The molecule has 1 heterocycles. The number of halogens is 1. The van der Waals surface area contributed by atoms with Gasteiger partial charge in [0.25, 0.3) is 5.91 Å². The molecule has 1 aromatic heterocycles. The van der Waals surface area contributed by atoms with Gasteiger partial charge < -0.3 is 10.6 Å². The van der Waals surface area contributed by atoms with Crippen molar-refractivity contribution in [3.63, 3.8) is 0 Å². The van der Waals surface area contributed by atoms with Crippen molar-refractivity contribution in [3.05, 3.63) is 77.0 Å². The van der Waals surface area contributed by atoms with Crippen molar-refractivity contribution >= 4 is 27.5 Å². The van der Waals surface area contributed by atoms with Crippen molar-refractivity contribution in [1.29, 1.82) is 0 Å². The van der Waals surface area contributed by atoms with Crippen LogP contribution in [-0.4, -0.2) is 28.8 Å². The van der Waals surface area contributed by atoms with Gasteiger partial charge >= 0.3 is 0 Å². The minimum absolute atomic E-state index is 0.108. The number of nitrogens with one attached hydrogen (secondary N) is 2. The molecular weight excluding hydrogens is 380 g/mol. The third-order valence-electron chi connectivity index (χ3n) is 3.68. The first-order chi connectivity index (χ1) is 12.2. The molecule has 0 spiro atoms. The van der Waals surface area contributed by atoms with Gasteiger partial charge in [-0.25, -0.2) is 4.68 Å². The number of anilines is 1. The number of para-hydroxylation sites is 1. The van der Waals surface area contributed by atoms with Crippen LogP contribution in [0.4, 0.5) is 5.69 Å². The lowest BCUT2D eigenvalue weighted by Crippen LogP contribution is -2.25. The first-order valence-electron chi connectivity index (χ1n) is 8.10. The Hall–Kier alpha value is -2.60. The lowest BCUT2D eigenvalue weighted by atomic mass is 10.3. The van der Waals surface area contributed by atoms with Crippen LogP contribution in [0.3, 0.4) is 0 Å². The van der Waals surface area contributed by atoms with Crippen LogP contribution in [0, 0.1) is 0 Å². The zero-order valence-electron chi connectivity index (χ0n) is 13.7. The number of carbonyl (C=O) groups excluding carboxylic acids is 1. The lowest BCUT2D eigenvalue weighted by Gasteiger charge is -2.06. The van der Waals surface area contributed by atoms with Gasteiger partial charge in [-0.3, -0.25) is 4.79 Å². The normalized spacial score (nSPS) is 10.4. The minimum Gasteiger partial charge on any atom is -0.385 e. The van der Waals surface area contributed by atoms with Crippen LogP contribution in [0.5, 0.6) is 0 Å². The second-order valence-corrected chi connectivity index (χ2v) is 6.47. The quantitative estimate of drug-likeness (QED) is 0.593. The topological polar surface area (TPSA) is 59.0 Å². The molecule has 0 atom stereocenters. The molecule has 0 aliphatic rings. The van der Waals surface area contributed by atoms with Gasteiger partial charge in [-0.15, -0.1) is 0 Å². The maximum absolute atomic E-state index is 12.2. The third kappa shape index (κ3) is 4.93. The van der Waals surface area contributed by atoms with Crippen LogP contribution < -0.4 is 10.6 Å². The molecule has 0 bridgehead atoms. The zero-order chi connectivity index (χ0) is 17.5. The Bertz CT molecular complexity index is 815. The van der Waals surface area contributed by atoms with E-state index in [-0.39, 0.29) is 5.91 Å². The van der Waals surface area contributed by atoms with Crippen LogP contribution in [0.1, 0.15) is 16.8 Å². The van der Waals surface area contributed by atoms with E-state index in [1.165, 1.54) is 0 Å². The van der Waals surface area contributed by atoms with Crippen molar-refractivity contribution in [2.75, 3.05) is 18.4 Å². The van der Waals surface area contributed by atoms with Gasteiger partial charge in [0.15, 0.2) is 0 Å². The Morgan fingerprint density at radius 3 is 2.56 bits per heavy atom. The standard InChI is InChI=1S/C19H19BrN4O/c20-16-7-9-18(10-8-16)24-14-15(13-23-24)19(25)22-12-4-11-21-17-5-2-1-3-6-17/h1-3,5-10,13-14,21H,4,11-12H2,(H,22,25). The number of rotatable bonds is 7. The molecule has 0 fully saturated rings. The van der Waals surface area contributed by atoms with Crippen molar-refractivity contribution in [3.8, 4) is 5.69 Å². The zero-order valence-corrected chi connectivity index (χ0v) is 15.2. The number of carbonyl (C=O) groups is 1. The highest BCUT2D eigenvalue weighted by Crippen LogP contribution is 2.14. The van der Waals surface area contributed by atoms with Crippen molar-refractivity contribution < 1.29 is 4.79 Å². The van der Waals surface area contributed by atoms with E-state index in [1.807, 2.05) is 54.6 Å². The Labute approximate surface area is 155 Å². The largest absolute Gasteiger partial charge is 0.385 e. The summed E-state index contributed by atoms with van der Waals surface area (Å²) in [5.41, 5.74) is 2.55. The number of hydrogen-bond acceptors (Lipinski definition) is 3. The Kier molecular flexibility index (Phi) is 5.85. The van der Waals surface area contributed by atoms with E-state index in [4.69, 9.17) is 0 Å². The van der Waals surface area contributed by atoms with Crippen molar-refractivity contribution in [2.45, 2.75) is 6.42 Å². The predicted octanol–water partition coefficient (Wildman–Crippen LogP) is 3.87. The van der Waals surface area contributed by atoms with Gasteiger partial charge in [-0.05, 0) is 42.8 Å². The van der Waals surface area contributed by atoms with Gasteiger partial charge in [-0.2, -0.15) is 5.10 Å². The number of benzene rings is 2. The average molecular weight is 399 g/mol. The highest BCUT2D eigenvalue weighted by atomic mass is 79.9. The smallest absolute Gasteiger partial charge is 0.254 e. The van der Waals surface area contributed by atoms with Gasteiger partial charge in [-0.1, -0.05) is 34.1 Å². The summed E-state index contributed by atoms with van der Waals surface area (Å²) < 4.78 is 2.70. The molecule has 0 unspecified atom stereocenters. The molecule has 0 saturated carbocycles. The molecule has 128 valence electrons. The van der Waals surface area contributed by atoms with E-state index >= 15 is 0 Å². The molecule has 2 aromatic carbocycles. The van der Waals surface area contributed by atoms with Crippen molar-refractivity contribution in [2.24, 2.45) is 0 Å². The van der Waals surface area contributed by atoms with E-state index in [2.05, 4.69) is 31.7 Å².